The van der Waals surface area contributed by atoms with Crippen LogP contribution in [0.25, 0.3) is 0 Å². The minimum atomic E-state index is 0.821. The van der Waals surface area contributed by atoms with Crippen molar-refractivity contribution in [3.8, 4) is 0 Å². The van der Waals surface area contributed by atoms with E-state index in [1.807, 2.05) is 0 Å². The highest BCUT2D eigenvalue weighted by Crippen LogP contribution is 2.36. The van der Waals surface area contributed by atoms with Crippen LogP contribution in [0.1, 0.15) is 59.3 Å². The number of hydrogen-bond donors (Lipinski definition) is 1. The maximum Gasteiger partial charge on any atom is 0.00952 e. The number of nitrogens with one attached hydrogen (secondary N) is 1. The Morgan fingerprint density at radius 2 is 1.80 bits per heavy atom. The molecule has 0 heterocycles. The fourth-order valence-corrected chi connectivity index (χ4v) is 3.09. The zero-order chi connectivity index (χ0) is 10.8. The van der Waals surface area contributed by atoms with E-state index in [0.717, 1.165) is 29.8 Å². The van der Waals surface area contributed by atoms with Gasteiger partial charge in [-0.25, -0.2) is 0 Å². The fraction of sp³-hybridized carbons (Fsp3) is 1.00. The molecule has 2 aliphatic rings. The van der Waals surface area contributed by atoms with Gasteiger partial charge in [-0.15, -0.1) is 0 Å². The van der Waals surface area contributed by atoms with E-state index < -0.39 is 0 Å². The van der Waals surface area contributed by atoms with Crippen LogP contribution < -0.4 is 5.32 Å². The molecule has 88 valence electrons. The van der Waals surface area contributed by atoms with Gasteiger partial charge in [0.25, 0.3) is 0 Å². The van der Waals surface area contributed by atoms with Gasteiger partial charge in [0.15, 0.2) is 0 Å². The van der Waals surface area contributed by atoms with Crippen molar-refractivity contribution >= 4 is 0 Å². The van der Waals surface area contributed by atoms with Crippen LogP contribution in [-0.2, 0) is 0 Å². The predicted octanol–water partition coefficient (Wildman–Crippen LogP) is 3.59. The summed E-state index contributed by atoms with van der Waals surface area (Å²) in [7, 11) is 0. The molecule has 0 spiro atoms. The molecule has 2 aliphatic carbocycles. The third kappa shape index (κ3) is 2.96. The Kier molecular flexibility index (Phi) is 3.71. The summed E-state index contributed by atoms with van der Waals surface area (Å²) in [6.07, 6.45) is 8.53. The monoisotopic (exact) mass is 209 g/mol. The van der Waals surface area contributed by atoms with Crippen LogP contribution in [0.5, 0.6) is 0 Å². The van der Waals surface area contributed by atoms with E-state index in [9.17, 15) is 0 Å². The number of rotatable bonds is 4. The Morgan fingerprint density at radius 3 is 2.33 bits per heavy atom. The van der Waals surface area contributed by atoms with Crippen LogP contribution >= 0.6 is 0 Å². The molecule has 2 rings (SSSR count). The molecule has 1 N–H and O–H groups in total. The Morgan fingerprint density at radius 1 is 1.07 bits per heavy atom. The van der Waals surface area contributed by atoms with E-state index in [4.69, 9.17) is 0 Å². The molecule has 15 heavy (non-hydrogen) atoms. The summed E-state index contributed by atoms with van der Waals surface area (Å²) in [5.74, 6) is 2.89. The van der Waals surface area contributed by atoms with Gasteiger partial charge < -0.3 is 5.32 Å². The molecule has 1 nitrogen and oxygen atoms in total. The van der Waals surface area contributed by atoms with Gasteiger partial charge in [0, 0.05) is 12.1 Å². The maximum atomic E-state index is 3.92. The molecular formula is C14H27N. The molecule has 1 heteroatoms. The second kappa shape index (κ2) is 4.86. The molecule has 2 saturated carbocycles. The van der Waals surface area contributed by atoms with Crippen molar-refractivity contribution in [3.05, 3.63) is 0 Å². The van der Waals surface area contributed by atoms with Crippen LogP contribution in [0.4, 0.5) is 0 Å². The minimum Gasteiger partial charge on any atom is -0.311 e. The molecule has 0 aromatic rings. The van der Waals surface area contributed by atoms with Crippen molar-refractivity contribution in [1.82, 2.24) is 5.32 Å². The summed E-state index contributed by atoms with van der Waals surface area (Å²) in [5, 5.41) is 3.92. The van der Waals surface area contributed by atoms with E-state index in [-0.39, 0.29) is 0 Å². The van der Waals surface area contributed by atoms with Crippen LogP contribution in [-0.4, -0.2) is 12.1 Å². The van der Waals surface area contributed by atoms with E-state index in [1.54, 1.807) is 0 Å². The summed E-state index contributed by atoms with van der Waals surface area (Å²) < 4.78 is 0. The van der Waals surface area contributed by atoms with E-state index in [2.05, 4.69) is 26.1 Å². The van der Waals surface area contributed by atoms with Crippen LogP contribution in [0.2, 0.25) is 0 Å². The summed E-state index contributed by atoms with van der Waals surface area (Å²) >= 11 is 0. The van der Waals surface area contributed by atoms with Crippen molar-refractivity contribution in [3.63, 3.8) is 0 Å². The molecule has 0 aromatic carbocycles. The predicted molar refractivity (Wildman–Crippen MR) is 65.9 cm³/mol. The Hall–Kier alpha value is -0.0400. The van der Waals surface area contributed by atoms with E-state index in [1.165, 1.54) is 38.5 Å². The summed E-state index contributed by atoms with van der Waals surface area (Å²) in [5.41, 5.74) is 0. The lowest BCUT2D eigenvalue weighted by atomic mass is 9.79. The third-order valence-electron chi connectivity index (χ3n) is 4.68. The topological polar surface area (TPSA) is 12.0 Å². The van der Waals surface area contributed by atoms with E-state index in [0.29, 0.717) is 0 Å². The highest BCUT2D eigenvalue weighted by molar-refractivity contribution is 4.89. The normalized spacial score (nSPS) is 39.0. The lowest BCUT2D eigenvalue weighted by Crippen LogP contribution is -2.43. The third-order valence-corrected chi connectivity index (χ3v) is 4.68. The Balaban J connectivity index is 1.78. The molecule has 2 fully saturated rings. The largest absolute Gasteiger partial charge is 0.311 e. The van der Waals surface area contributed by atoms with Crippen molar-refractivity contribution in [2.75, 3.05) is 0 Å². The average molecular weight is 209 g/mol. The second-order valence-electron chi connectivity index (χ2n) is 5.98. The minimum absolute atomic E-state index is 0.821. The van der Waals surface area contributed by atoms with Gasteiger partial charge in [-0.2, -0.15) is 0 Å². The molecular weight excluding hydrogens is 182 g/mol. The van der Waals surface area contributed by atoms with Crippen LogP contribution in [0.15, 0.2) is 0 Å². The van der Waals surface area contributed by atoms with Gasteiger partial charge in [0.05, 0.1) is 0 Å². The maximum absolute atomic E-state index is 3.92. The van der Waals surface area contributed by atoms with Crippen LogP contribution in [0.3, 0.4) is 0 Å². The molecule has 0 aliphatic heterocycles. The first-order valence-corrected chi connectivity index (χ1v) is 6.96. The van der Waals surface area contributed by atoms with Crippen LogP contribution in [0, 0.1) is 17.8 Å². The van der Waals surface area contributed by atoms with Crippen molar-refractivity contribution in [2.24, 2.45) is 17.8 Å². The van der Waals surface area contributed by atoms with Crippen molar-refractivity contribution in [2.45, 2.75) is 71.4 Å². The average Bonchev–Trinajstić information content (AvgIpc) is 3.03. The molecule has 0 bridgehead atoms. The molecule has 0 aromatic heterocycles. The highest BCUT2D eigenvalue weighted by Gasteiger charge is 2.33. The SMILES string of the molecule is CCC(NC1CCC(C)C(C)C1)C1CC1. The van der Waals surface area contributed by atoms with E-state index >= 15 is 0 Å². The standard InChI is InChI=1S/C14H27N/c1-4-14(12-6-7-12)15-13-8-5-10(2)11(3)9-13/h10-15H,4-9H2,1-3H3. The molecule has 4 unspecified atom stereocenters. The quantitative estimate of drug-likeness (QED) is 0.746. The Bertz CT molecular complexity index is 198. The fourth-order valence-electron chi connectivity index (χ4n) is 3.09. The zero-order valence-electron chi connectivity index (χ0n) is 10.6. The number of hydrogen-bond acceptors (Lipinski definition) is 1. The molecule has 0 radical (unpaired) electrons. The van der Waals surface area contributed by atoms with Gasteiger partial charge in [0.2, 0.25) is 0 Å². The van der Waals surface area contributed by atoms with Crippen molar-refractivity contribution < 1.29 is 0 Å². The van der Waals surface area contributed by atoms with Gasteiger partial charge >= 0.3 is 0 Å². The molecule has 4 atom stereocenters. The molecule has 0 saturated heterocycles. The summed E-state index contributed by atoms with van der Waals surface area (Å²) in [4.78, 5) is 0. The smallest absolute Gasteiger partial charge is 0.00952 e. The lowest BCUT2D eigenvalue weighted by Gasteiger charge is -2.35. The summed E-state index contributed by atoms with van der Waals surface area (Å²) in [6, 6.07) is 1.65. The lowest BCUT2D eigenvalue weighted by molar-refractivity contribution is 0.209. The van der Waals surface area contributed by atoms with Gasteiger partial charge in [0.1, 0.15) is 0 Å². The molecule has 0 amide bonds. The highest BCUT2D eigenvalue weighted by atomic mass is 15.0. The second-order valence-corrected chi connectivity index (χ2v) is 5.98. The van der Waals surface area contributed by atoms with Gasteiger partial charge in [-0.1, -0.05) is 20.8 Å². The van der Waals surface area contributed by atoms with Crippen molar-refractivity contribution in [1.29, 1.82) is 0 Å². The summed E-state index contributed by atoms with van der Waals surface area (Å²) in [6.45, 7) is 7.18. The first-order chi connectivity index (χ1) is 7.20. The first-order valence-electron chi connectivity index (χ1n) is 6.96. The van der Waals surface area contributed by atoms with Gasteiger partial charge in [-0.05, 0) is 56.3 Å². The van der Waals surface area contributed by atoms with Gasteiger partial charge in [-0.3, -0.25) is 0 Å². The first kappa shape index (κ1) is 11.4. The Labute approximate surface area is 95.0 Å². The zero-order valence-corrected chi connectivity index (χ0v) is 10.6.